The van der Waals surface area contributed by atoms with Crippen LogP contribution >= 0.6 is 0 Å². The van der Waals surface area contributed by atoms with Crippen LogP contribution in [-0.2, 0) is 11.3 Å². The summed E-state index contributed by atoms with van der Waals surface area (Å²) in [5.74, 6) is 0.682. The van der Waals surface area contributed by atoms with Crippen LogP contribution in [0.15, 0.2) is 41.1 Å². The van der Waals surface area contributed by atoms with Gasteiger partial charge in [-0.25, -0.2) is 0 Å². The number of carbonyl (C=O) groups excluding carboxylic acids is 1. The highest BCUT2D eigenvalue weighted by atomic mass is 16.3. The Bertz CT molecular complexity index is 478. The normalized spacial score (nSPS) is 10.1. The van der Waals surface area contributed by atoms with Crippen molar-refractivity contribution < 1.29 is 9.21 Å². The van der Waals surface area contributed by atoms with Gasteiger partial charge < -0.3 is 9.73 Å². The third kappa shape index (κ3) is 2.48. The quantitative estimate of drug-likeness (QED) is 0.853. The third-order valence-electron chi connectivity index (χ3n) is 2.14. The topological polar surface area (TPSA) is 55.1 Å². The van der Waals surface area contributed by atoms with Crippen molar-refractivity contribution in [2.75, 3.05) is 0 Å². The van der Waals surface area contributed by atoms with Crippen LogP contribution < -0.4 is 5.32 Å². The summed E-state index contributed by atoms with van der Waals surface area (Å²) >= 11 is 0. The first-order chi connectivity index (χ1) is 7.75. The number of nitrogens with one attached hydrogen (secondary N) is 1. The summed E-state index contributed by atoms with van der Waals surface area (Å²) < 4.78 is 5.25. The lowest BCUT2D eigenvalue weighted by molar-refractivity contribution is -0.119. The van der Waals surface area contributed by atoms with Gasteiger partial charge in [-0.2, -0.15) is 0 Å². The molecule has 0 aliphatic carbocycles. The van der Waals surface area contributed by atoms with Gasteiger partial charge in [-0.1, -0.05) is 0 Å². The molecule has 2 rings (SSSR count). The highest BCUT2D eigenvalue weighted by Crippen LogP contribution is 2.17. The summed E-state index contributed by atoms with van der Waals surface area (Å²) in [5, 5.41) is 2.74. The molecule has 1 amide bonds. The Morgan fingerprint density at radius 1 is 1.50 bits per heavy atom. The predicted octanol–water partition coefficient (Wildman–Crippen LogP) is 1.98. The van der Waals surface area contributed by atoms with Gasteiger partial charge in [-0.05, 0) is 29.8 Å². The van der Waals surface area contributed by atoms with Gasteiger partial charge in [0.15, 0.2) is 5.76 Å². The minimum atomic E-state index is -0.0450. The Balaban J connectivity index is 2.17. The molecule has 0 spiro atoms. The van der Waals surface area contributed by atoms with Crippen LogP contribution in [0.1, 0.15) is 12.5 Å². The molecule has 0 bridgehead atoms. The predicted molar refractivity (Wildman–Crippen MR) is 59.5 cm³/mol. The van der Waals surface area contributed by atoms with Crippen LogP contribution in [0.2, 0.25) is 0 Å². The molecule has 0 aromatic carbocycles. The summed E-state index contributed by atoms with van der Waals surface area (Å²) in [5.41, 5.74) is 1.77. The van der Waals surface area contributed by atoms with Crippen molar-refractivity contribution in [1.82, 2.24) is 10.3 Å². The lowest BCUT2D eigenvalue weighted by Crippen LogP contribution is -2.18. The van der Waals surface area contributed by atoms with Gasteiger partial charge in [0.05, 0.1) is 6.26 Å². The Hall–Kier alpha value is -2.10. The summed E-state index contributed by atoms with van der Waals surface area (Å²) in [6, 6.07) is 7.43. The van der Waals surface area contributed by atoms with E-state index in [1.807, 2.05) is 24.3 Å². The molecule has 2 aromatic heterocycles. The van der Waals surface area contributed by atoms with E-state index in [0.29, 0.717) is 6.54 Å². The smallest absolute Gasteiger partial charge is 0.217 e. The van der Waals surface area contributed by atoms with E-state index in [0.717, 1.165) is 17.0 Å². The average molecular weight is 216 g/mol. The van der Waals surface area contributed by atoms with Crippen molar-refractivity contribution in [2.45, 2.75) is 13.5 Å². The van der Waals surface area contributed by atoms with E-state index < -0.39 is 0 Å². The van der Waals surface area contributed by atoms with Gasteiger partial charge in [-0.15, -0.1) is 0 Å². The standard InChI is InChI=1S/C12H12N2O2/c1-9(15)14-8-10-4-5-13-11(7-10)12-3-2-6-16-12/h2-7H,8H2,1H3,(H,14,15). The molecule has 0 fully saturated rings. The lowest BCUT2D eigenvalue weighted by Gasteiger charge is -2.03. The molecule has 0 atom stereocenters. The summed E-state index contributed by atoms with van der Waals surface area (Å²) in [6.07, 6.45) is 3.31. The van der Waals surface area contributed by atoms with Crippen molar-refractivity contribution in [3.8, 4) is 11.5 Å². The largest absolute Gasteiger partial charge is 0.463 e. The van der Waals surface area contributed by atoms with E-state index in [1.165, 1.54) is 6.92 Å². The molecule has 0 saturated heterocycles. The Kier molecular flexibility index (Phi) is 3.00. The second-order valence-corrected chi connectivity index (χ2v) is 3.44. The number of aromatic nitrogens is 1. The first-order valence-electron chi connectivity index (χ1n) is 4.99. The van der Waals surface area contributed by atoms with E-state index in [2.05, 4.69) is 10.3 Å². The molecule has 0 aliphatic heterocycles. The summed E-state index contributed by atoms with van der Waals surface area (Å²) in [4.78, 5) is 15.0. The van der Waals surface area contributed by atoms with Crippen molar-refractivity contribution in [2.24, 2.45) is 0 Å². The van der Waals surface area contributed by atoms with Gasteiger partial charge >= 0.3 is 0 Å². The fraction of sp³-hybridized carbons (Fsp3) is 0.167. The first-order valence-corrected chi connectivity index (χ1v) is 4.99. The molecular formula is C12H12N2O2. The van der Waals surface area contributed by atoms with Gasteiger partial charge in [0.1, 0.15) is 5.69 Å². The highest BCUT2D eigenvalue weighted by molar-refractivity contribution is 5.72. The number of pyridine rings is 1. The fourth-order valence-corrected chi connectivity index (χ4v) is 1.37. The zero-order valence-corrected chi connectivity index (χ0v) is 8.93. The Morgan fingerprint density at radius 3 is 3.06 bits per heavy atom. The maximum absolute atomic E-state index is 10.8. The SMILES string of the molecule is CC(=O)NCc1ccnc(-c2ccco2)c1. The van der Waals surface area contributed by atoms with Gasteiger partial charge in [-0.3, -0.25) is 9.78 Å². The number of rotatable bonds is 3. The third-order valence-corrected chi connectivity index (χ3v) is 2.14. The van der Waals surface area contributed by atoms with Crippen LogP contribution in [0, 0.1) is 0 Å². The highest BCUT2D eigenvalue weighted by Gasteiger charge is 2.03. The molecular weight excluding hydrogens is 204 g/mol. The number of furan rings is 1. The maximum atomic E-state index is 10.8. The summed E-state index contributed by atoms with van der Waals surface area (Å²) in [7, 11) is 0. The Morgan fingerprint density at radius 2 is 2.38 bits per heavy atom. The van der Waals surface area contributed by atoms with Crippen molar-refractivity contribution in [1.29, 1.82) is 0 Å². The van der Waals surface area contributed by atoms with Crippen molar-refractivity contribution in [3.05, 3.63) is 42.3 Å². The number of hydrogen-bond acceptors (Lipinski definition) is 3. The first kappa shape index (κ1) is 10.4. The van der Waals surface area contributed by atoms with Crippen LogP contribution in [0.3, 0.4) is 0 Å². The fourth-order valence-electron chi connectivity index (χ4n) is 1.37. The van der Waals surface area contributed by atoms with Crippen molar-refractivity contribution >= 4 is 5.91 Å². The van der Waals surface area contributed by atoms with Gasteiger partial charge in [0.25, 0.3) is 0 Å². The second-order valence-electron chi connectivity index (χ2n) is 3.44. The molecule has 0 unspecified atom stereocenters. The molecule has 82 valence electrons. The molecule has 1 N–H and O–H groups in total. The molecule has 4 heteroatoms. The molecule has 16 heavy (non-hydrogen) atoms. The lowest BCUT2D eigenvalue weighted by atomic mass is 10.2. The van der Waals surface area contributed by atoms with E-state index in [9.17, 15) is 4.79 Å². The zero-order valence-electron chi connectivity index (χ0n) is 8.93. The zero-order chi connectivity index (χ0) is 11.4. The van der Waals surface area contributed by atoms with Gasteiger partial charge in [0.2, 0.25) is 5.91 Å². The van der Waals surface area contributed by atoms with Crippen LogP contribution in [-0.4, -0.2) is 10.9 Å². The molecule has 0 radical (unpaired) electrons. The molecule has 2 heterocycles. The molecule has 4 nitrogen and oxygen atoms in total. The molecule has 0 saturated carbocycles. The number of hydrogen-bond donors (Lipinski definition) is 1. The number of nitrogens with zero attached hydrogens (tertiary/aromatic N) is 1. The van der Waals surface area contributed by atoms with E-state index in [-0.39, 0.29) is 5.91 Å². The average Bonchev–Trinajstić information content (AvgIpc) is 2.80. The number of carbonyl (C=O) groups is 1. The number of amides is 1. The molecule has 0 aliphatic rings. The minimum absolute atomic E-state index is 0.0450. The minimum Gasteiger partial charge on any atom is -0.463 e. The van der Waals surface area contributed by atoms with Crippen LogP contribution in [0.4, 0.5) is 0 Å². The summed E-state index contributed by atoms with van der Waals surface area (Å²) in [6.45, 7) is 2.00. The van der Waals surface area contributed by atoms with E-state index >= 15 is 0 Å². The second kappa shape index (κ2) is 4.61. The van der Waals surface area contributed by atoms with E-state index in [4.69, 9.17) is 4.42 Å². The maximum Gasteiger partial charge on any atom is 0.217 e. The van der Waals surface area contributed by atoms with Crippen molar-refractivity contribution in [3.63, 3.8) is 0 Å². The Labute approximate surface area is 93.3 Å². The van der Waals surface area contributed by atoms with Crippen LogP contribution in [0.5, 0.6) is 0 Å². The van der Waals surface area contributed by atoms with E-state index in [1.54, 1.807) is 12.5 Å². The van der Waals surface area contributed by atoms with Crippen LogP contribution in [0.25, 0.3) is 11.5 Å². The molecule has 2 aromatic rings. The monoisotopic (exact) mass is 216 g/mol. The van der Waals surface area contributed by atoms with Gasteiger partial charge in [0, 0.05) is 19.7 Å².